The van der Waals surface area contributed by atoms with Crippen LogP contribution in [0.2, 0.25) is 0 Å². The van der Waals surface area contributed by atoms with Gasteiger partial charge in [-0.25, -0.2) is 0 Å². The first kappa shape index (κ1) is 7.43. The van der Waals surface area contributed by atoms with Gasteiger partial charge in [-0.15, -0.1) is 5.10 Å². The number of aromatic nitrogens is 2. The fraction of sp³-hybridized carbons (Fsp3) is 0. The van der Waals surface area contributed by atoms with E-state index >= 15 is 0 Å². The highest BCUT2D eigenvalue weighted by Gasteiger charge is 1.97. The minimum Gasteiger partial charge on any atom is -0.142 e. The van der Waals surface area contributed by atoms with Crippen molar-refractivity contribution in [1.29, 1.82) is 0 Å². The SMILES string of the molecule is [CH](c1ccccc1)c1csnn1. The van der Waals surface area contributed by atoms with Gasteiger partial charge in [0, 0.05) is 11.8 Å². The fourth-order valence-corrected chi connectivity index (χ4v) is 1.37. The Balaban J connectivity index is 2.15. The van der Waals surface area contributed by atoms with E-state index in [0.29, 0.717) is 0 Å². The van der Waals surface area contributed by atoms with E-state index in [2.05, 4.69) is 9.59 Å². The van der Waals surface area contributed by atoms with Crippen molar-refractivity contribution in [3.63, 3.8) is 0 Å². The molecule has 2 rings (SSSR count). The lowest BCUT2D eigenvalue weighted by atomic mass is 10.1. The average molecular weight is 175 g/mol. The smallest absolute Gasteiger partial charge is 0.0840 e. The number of nitrogens with zero attached hydrogens (tertiary/aromatic N) is 2. The molecule has 0 spiro atoms. The number of rotatable bonds is 2. The Labute approximate surface area is 75.0 Å². The molecule has 0 aliphatic heterocycles. The van der Waals surface area contributed by atoms with E-state index in [-0.39, 0.29) is 0 Å². The van der Waals surface area contributed by atoms with Gasteiger partial charge in [0.15, 0.2) is 0 Å². The number of benzene rings is 1. The van der Waals surface area contributed by atoms with E-state index in [0.717, 1.165) is 11.3 Å². The standard InChI is InChI=1S/C9H7N2S/c1-2-4-8(5-3-1)6-9-7-12-11-10-9/h1-7H. The Morgan fingerprint density at radius 2 is 2.00 bits per heavy atom. The first-order valence-electron chi connectivity index (χ1n) is 3.62. The third-order valence-electron chi connectivity index (χ3n) is 1.49. The summed E-state index contributed by atoms with van der Waals surface area (Å²) >= 11 is 1.37. The predicted octanol–water partition coefficient (Wildman–Crippen LogP) is 2.14. The van der Waals surface area contributed by atoms with E-state index in [1.165, 1.54) is 11.5 Å². The highest BCUT2D eigenvalue weighted by atomic mass is 32.1. The number of hydrogen-bond acceptors (Lipinski definition) is 3. The zero-order valence-electron chi connectivity index (χ0n) is 6.34. The van der Waals surface area contributed by atoms with Crippen LogP contribution >= 0.6 is 11.5 Å². The van der Waals surface area contributed by atoms with Crippen LogP contribution in [0.3, 0.4) is 0 Å². The topological polar surface area (TPSA) is 25.8 Å². The Kier molecular flexibility index (Phi) is 2.14. The molecule has 0 bridgehead atoms. The second kappa shape index (κ2) is 3.45. The van der Waals surface area contributed by atoms with Gasteiger partial charge in [-0.3, -0.25) is 0 Å². The third-order valence-corrected chi connectivity index (χ3v) is 2.01. The summed E-state index contributed by atoms with van der Waals surface area (Å²) < 4.78 is 3.78. The van der Waals surface area contributed by atoms with Gasteiger partial charge in [0.05, 0.1) is 5.69 Å². The molecular formula is C9H7N2S. The maximum atomic E-state index is 3.92. The molecule has 1 aromatic heterocycles. The minimum absolute atomic E-state index is 0.922. The van der Waals surface area contributed by atoms with E-state index in [1.807, 2.05) is 42.1 Å². The van der Waals surface area contributed by atoms with Gasteiger partial charge in [0.2, 0.25) is 0 Å². The molecule has 1 aromatic carbocycles. The summed E-state index contributed by atoms with van der Waals surface area (Å²) in [7, 11) is 0. The van der Waals surface area contributed by atoms with Crippen LogP contribution in [-0.4, -0.2) is 9.59 Å². The quantitative estimate of drug-likeness (QED) is 0.698. The maximum Gasteiger partial charge on any atom is 0.0840 e. The molecule has 59 valence electrons. The van der Waals surface area contributed by atoms with Gasteiger partial charge in [0.1, 0.15) is 0 Å². The zero-order chi connectivity index (χ0) is 8.23. The Morgan fingerprint density at radius 1 is 1.17 bits per heavy atom. The summed E-state index contributed by atoms with van der Waals surface area (Å²) in [6, 6.07) is 10.1. The molecule has 12 heavy (non-hydrogen) atoms. The van der Waals surface area contributed by atoms with Crippen molar-refractivity contribution < 1.29 is 0 Å². The van der Waals surface area contributed by atoms with Crippen molar-refractivity contribution in [1.82, 2.24) is 9.59 Å². The molecule has 1 radical (unpaired) electrons. The molecule has 2 nitrogen and oxygen atoms in total. The lowest BCUT2D eigenvalue weighted by molar-refractivity contribution is 1.10. The van der Waals surface area contributed by atoms with Crippen molar-refractivity contribution in [3.8, 4) is 0 Å². The summed E-state index contributed by atoms with van der Waals surface area (Å²) in [4.78, 5) is 0. The number of hydrogen-bond donors (Lipinski definition) is 0. The van der Waals surface area contributed by atoms with Crippen LogP contribution in [0.4, 0.5) is 0 Å². The normalized spacial score (nSPS) is 10.0. The summed E-state index contributed by atoms with van der Waals surface area (Å²) in [5, 5.41) is 5.85. The van der Waals surface area contributed by atoms with E-state index in [4.69, 9.17) is 0 Å². The monoisotopic (exact) mass is 175 g/mol. The third kappa shape index (κ3) is 1.68. The first-order chi connectivity index (χ1) is 5.95. The Hall–Kier alpha value is -1.22. The van der Waals surface area contributed by atoms with E-state index in [9.17, 15) is 0 Å². The maximum absolute atomic E-state index is 3.92. The molecule has 1 heterocycles. The zero-order valence-corrected chi connectivity index (χ0v) is 7.16. The highest BCUT2D eigenvalue weighted by Crippen LogP contribution is 2.09. The molecule has 0 atom stereocenters. The molecule has 0 fully saturated rings. The molecule has 0 saturated carbocycles. The molecular weight excluding hydrogens is 168 g/mol. The Bertz CT molecular complexity index is 329. The molecule has 0 amide bonds. The van der Waals surface area contributed by atoms with Gasteiger partial charge < -0.3 is 0 Å². The summed E-state index contributed by atoms with van der Waals surface area (Å²) in [6.07, 6.45) is 2.00. The van der Waals surface area contributed by atoms with Gasteiger partial charge in [-0.1, -0.05) is 34.8 Å². The van der Waals surface area contributed by atoms with Gasteiger partial charge in [-0.05, 0) is 17.1 Å². The second-order valence-electron chi connectivity index (χ2n) is 2.38. The van der Waals surface area contributed by atoms with Crippen LogP contribution in [0.1, 0.15) is 11.3 Å². The predicted molar refractivity (Wildman–Crippen MR) is 48.9 cm³/mol. The first-order valence-corrected chi connectivity index (χ1v) is 4.46. The minimum atomic E-state index is 0.922. The molecule has 2 aromatic rings. The molecule has 0 unspecified atom stereocenters. The molecule has 0 aliphatic rings. The Morgan fingerprint density at radius 3 is 2.67 bits per heavy atom. The summed E-state index contributed by atoms with van der Waals surface area (Å²) in [5.74, 6) is 0. The van der Waals surface area contributed by atoms with E-state index < -0.39 is 0 Å². The van der Waals surface area contributed by atoms with Crippen molar-refractivity contribution in [2.24, 2.45) is 0 Å². The largest absolute Gasteiger partial charge is 0.142 e. The highest BCUT2D eigenvalue weighted by molar-refractivity contribution is 7.03. The van der Waals surface area contributed by atoms with Crippen molar-refractivity contribution in [2.45, 2.75) is 0 Å². The van der Waals surface area contributed by atoms with Gasteiger partial charge >= 0.3 is 0 Å². The van der Waals surface area contributed by atoms with Crippen LogP contribution < -0.4 is 0 Å². The van der Waals surface area contributed by atoms with Crippen LogP contribution in [0.15, 0.2) is 35.7 Å². The van der Waals surface area contributed by atoms with Gasteiger partial charge in [0.25, 0.3) is 0 Å². The molecule has 0 aliphatic carbocycles. The summed E-state index contributed by atoms with van der Waals surface area (Å²) in [5.41, 5.74) is 2.08. The van der Waals surface area contributed by atoms with Crippen molar-refractivity contribution in [2.75, 3.05) is 0 Å². The van der Waals surface area contributed by atoms with Crippen molar-refractivity contribution in [3.05, 3.63) is 53.4 Å². The van der Waals surface area contributed by atoms with Crippen LogP contribution in [0.5, 0.6) is 0 Å². The lowest BCUT2D eigenvalue weighted by Crippen LogP contribution is -1.83. The fourth-order valence-electron chi connectivity index (χ4n) is 0.955. The van der Waals surface area contributed by atoms with Crippen LogP contribution in [-0.2, 0) is 0 Å². The molecule has 0 N–H and O–H groups in total. The van der Waals surface area contributed by atoms with Crippen molar-refractivity contribution >= 4 is 11.5 Å². The molecule has 0 saturated heterocycles. The lowest BCUT2D eigenvalue weighted by Gasteiger charge is -1.93. The van der Waals surface area contributed by atoms with E-state index in [1.54, 1.807) is 0 Å². The van der Waals surface area contributed by atoms with Gasteiger partial charge in [-0.2, -0.15) is 0 Å². The summed E-state index contributed by atoms with van der Waals surface area (Å²) in [6.45, 7) is 0. The van der Waals surface area contributed by atoms with Crippen LogP contribution in [0, 0.1) is 6.42 Å². The van der Waals surface area contributed by atoms with Crippen LogP contribution in [0.25, 0.3) is 0 Å². The molecule has 3 heteroatoms. The second-order valence-corrected chi connectivity index (χ2v) is 2.99. The average Bonchev–Trinajstić information content (AvgIpc) is 2.59.